The molecule has 0 rings (SSSR count). The number of carboxylic acid groups (broad SMARTS) is 1. The molecule has 0 saturated carbocycles. The van der Waals surface area contributed by atoms with Crippen molar-refractivity contribution in [3.63, 3.8) is 0 Å². The van der Waals surface area contributed by atoms with E-state index in [1.54, 1.807) is 0 Å². The molecular formula is C4H6ClCoN2O3. The zero-order valence-corrected chi connectivity index (χ0v) is 7.13. The van der Waals surface area contributed by atoms with Crippen LogP contribution in [0.3, 0.4) is 0 Å². The van der Waals surface area contributed by atoms with E-state index in [1.807, 2.05) is 0 Å². The summed E-state index contributed by atoms with van der Waals surface area (Å²) in [7, 11) is 4.33. The molecule has 1 amide bonds. The first-order valence-corrected chi connectivity index (χ1v) is 3.79. The Morgan fingerprint density at radius 2 is 2.00 bits per heavy atom. The number of carbonyl (C=O) groups is 2. The van der Waals surface area contributed by atoms with Crippen molar-refractivity contribution in [1.82, 2.24) is 0 Å². The van der Waals surface area contributed by atoms with E-state index >= 15 is 0 Å². The molecule has 0 aromatic heterocycles. The summed E-state index contributed by atoms with van der Waals surface area (Å²) in [5.74, 6) is -1.85. The molecule has 0 aromatic carbocycles. The third kappa shape index (κ3) is 12.8. The normalized spacial score (nSPS) is 7.55. The second kappa shape index (κ2) is 9.70. The smallest absolute Gasteiger partial charge is 0.285 e. The summed E-state index contributed by atoms with van der Waals surface area (Å²) in [6.07, 6.45) is 0. The van der Waals surface area contributed by atoms with Crippen LogP contribution in [0.1, 0.15) is 0 Å². The number of amides is 1. The number of hydrogen-bond acceptors (Lipinski definition) is 2. The topological polar surface area (TPSA) is 92.3 Å². The molecule has 2 N–H and O–H groups in total. The van der Waals surface area contributed by atoms with Crippen molar-refractivity contribution in [3.8, 4) is 0 Å². The quantitative estimate of drug-likeness (QED) is 0.765. The predicted molar refractivity (Wildman–Crippen MR) is 35.9 cm³/mol. The third-order valence-electron chi connectivity index (χ3n) is 0.542. The van der Waals surface area contributed by atoms with E-state index in [2.05, 4.69) is 30.3 Å². The minimum absolute atomic E-state index is 0.479. The monoisotopic (exact) mass is 224 g/mol. The first-order valence-electron chi connectivity index (χ1n) is 2.36. The molecule has 0 fully saturated rings. The van der Waals surface area contributed by atoms with E-state index in [-0.39, 0.29) is 0 Å². The first kappa shape index (κ1) is 13.3. The van der Waals surface area contributed by atoms with Crippen molar-refractivity contribution in [3.05, 3.63) is 11.1 Å². The van der Waals surface area contributed by atoms with Crippen LogP contribution in [0, 0.1) is 0 Å². The summed E-state index contributed by atoms with van der Waals surface area (Å²) < 4.78 is 0. The van der Waals surface area contributed by atoms with E-state index < -0.39 is 25.0 Å². The van der Waals surface area contributed by atoms with Crippen LogP contribution in [0.5, 0.6) is 0 Å². The molecule has 7 heteroatoms. The number of aliphatic carboxylic acids is 1. The van der Waals surface area contributed by atoms with Crippen LogP contribution in [0.15, 0.2) is 0 Å². The van der Waals surface area contributed by atoms with Gasteiger partial charge in [-0.05, 0) is 6.54 Å². The summed E-state index contributed by atoms with van der Waals surface area (Å²) in [6.45, 7) is -1.01. The largest absolute Gasteiger partial charge is 0.673 e. The van der Waals surface area contributed by atoms with Gasteiger partial charge in [0, 0.05) is 5.91 Å². The van der Waals surface area contributed by atoms with Crippen molar-refractivity contribution in [1.29, 1.82) is 0 Å². The number of nitrogens with zero attached hydrogens (tertiary/aromatic N) is 1. The van der Waals surface area contributed by atoms with Gasteiger partial charge in [-0.25, -0.2) is 0 Å². The van der Waals surface area contributed by atoms with Gasteiger partial charge in [0.2, 0.25) is 0 Å². The van der Waals surface area contributed by atoms with Crippen LogP contribution in [0.2, 0.25) is 0 Å². The van der Waals surface area contributed by atoms with Crippen molar-refractivity contribution in [2.75, 3.05) is 13.1 Å². The van der Waals surface area contributed by atoms with Gasteiger partial charge in [-0.2, -0.15) is 0 Å². The Morgan fingerprint density at radius 3 is 2.27 bits per heavy atom. The van der Waals surface area contributed by atoms with Crippen molar-refractivity contribution in [2.45, 2.75) is 0 Å². The Morgan fingerprint density at radius 1 is 1.55 bits per heavy atom. The number of nitrogens with one attached hydrogen (secondary N) is 1. The van der Waals surface area contributed by atoms with Gasteiger partial charge in [-0.3, -0.25) is 4.79 Å². The van der Waals surface area contributed by atoms with E-state index in [0.717, 1.165) is 0 Å². The first-order chi connectivity index (χ1) is 5.16. The molecule has 0 spiro atoms. The van der Waals surface area contributed by atoms with Crippen molar-refractivity contribution < 1.29 is 29.5 Å². The molecule has 0 saturated heterocycles. The Balaban J connectivity index is 0. The molecule has 0 heterocycles. The van der Waals surface area contributed by atoms with E-state index in [1.165, 1.54) is 0 Å². The molecular weight excluding hydrogens is 218 g/mol. The van der Waals surface area contributed by atoms with Crippen LogP contribution in [-0.4, -0.2) is 30.1 Å². The van der Waals surface area contributed by atoms with Crippen LogP contribution in [-0.2, 0) is 24.4 Å². The molecule has 0 atom stereocenters. The van der Waals surface area contributed by atoms with E-state index in [4.69, 9.17) is 10.8 Å². The maximum absolute atomic E-state index is 10.1. The number of hydrogen-bond donors (Lipinski definition) is 1. The average molecular weight is 224 g/mol. The van der Waals surface area contributed by atoms with Crippen LogP contribution in [0.4, 0.5) is 0 Å². The Labute approximate surface area is 76.1 Å². The second-order valence-electron chi connectivity index (χ2n) is 1.28. The standard InChI is InChI=1S/C4H7N2O3.ClH.Co/c5-1-3(7)6-2-4(8)9;;/h5H,1-2H2,(H2,6,7,8,9);1H;/q-1;;+3/p-2. The molecule has 0 aliphatic rings. The SMILES string of the molecule is [Cl][Co+2].[NH-]CC(=O)[N-]CC(=O)O. The summed E-state index contributed by atoms with van der Waals surface area (Å²) in [5, 5.41) is 11.0. The van der Waals surface area contributed by atoms with Gasteiger partial charge in [0.25, 0.3) is 5.97 Å². The summed E-state index contributed by atoms with van der Waals surface area (Å²) in [4.78, 5) is 19.8. The number of halogens is 1. The average Bonchev–Trinajstić information content (AvgIpc) is 2.04. The van der Waals surface area contributed by atoms with Gasteiger partial charge in [0.05, 0.1) is 0 Å². The second-order valence-corrected chi connectivity index (χ2v) is 1.28. The summed E-state index contributed by atoms with van der Waals surface area (Å²) >= 11 is 3.03. The van der Waals surface area contributed by atoms with Gasteiger partial charge >= 0.3 is 25.0 Å². The molecule has 0 aromatic rings. The molecule has 66 valence electrons. The number of carbonyl (C=O) groups excluding carboxylic acids is 1. The predicted octanol–water partition coefficient (Wildman–Crippen LogP) is 0.710. The van der Waals surface area contributed by atoms with Gasteiger partial charge in [0.15, 0.2) is 0 Å². The third-order valence-corrected chi connectivity index (χ3v) is 0.542. The zero-order valence-electron chi connectivity index (χ0n) is 5.34. The zero-order chi connectivity index (χ0) is 9.28. The van der Waals surface area contributed by atoms with Crippen molar-refractivity contribution in [2.24, 2.45) is 0 Å². The Kier molecular flexibility index (Phi) is 11.7. The van der Waals surface area contributed by atoms with Gasteiger partial charge in [-0.15, -0.1) is 6.54 Å². The molecule has 11 heavy (non-hydrogen) atoms. The Hall–Kier alpha value is -0.304. The van der Waals surface area contributed by atoms with E-state index in [0.29, 0.717) is 0 Å². The molecule has 0 aliphatic carbocycles. The van der Waals surface area contributed by atoms with Gasteiger partial charge < -0.3 is 21.0 Å². The number of carboxylic acids is 1. The molecule has 5 nitrogen and oxygen atoms in total. The number of rotatable bonds is 3. The summed E-state index contributed by atoms with van der Waals surface area (Å²) in [6, 6.07) is 0. The maximum atomic E-state index is 10.1. The Bertz CT molecular complexity index is 133. The molecule has 0 aliphatic heterocycles. The fraction of sp³-hybridized carbons (Fsp3) is 0.500. The minimum atomic E-state index is -1.16. The molecule has 0 unspecified atom stereocenters. The maximum Gasteiger partial charge on any atom is 0.285 e. The van der Waals surface area contributed by atoms with Gasteiger partial charge in [-0.1, -0.05) is 0 Å². The molecule has 0 bridgehead atoms. The van der Waals surface area contributed by atoms with Gasteiger partial charge in [0.1, 0.15) is 0 Å². The minimum Gasteiger partial charge on any atom is -0.673 e. The fourth-order valence-electron chi connectivity index (χ4n) is 0.212. The van der Waals surface area contributed by atoms with Crippen LogP contribution < -0.4 is 0 Å². The van der Waals surface area contributed by atoms with E-state index in [9.17, 15) is 9.59 Å². The van der Waals surface area contributed by atoms with Crippen LogP contribution in [0.25, 0.3) is 11.1 Å². The molecule has 0 radical (unpaired) electrons. The fourth-order valence-corrected chi connectivity index (χ4v) is 0.212. The van der Waals surface area contributed by atoms with Crippen LogP contribution >= 0.6 is 10.1 Å². The summed E-state index contributed by atoms with van der Waals surface area (Å²) in [5.41, 5.74) is 6.42. The van der Waals surface area contributed by atoms with Crippen molar-refractivity contribution >= 4 is 22.0 Å².